The Morgan fingerprint density at radius 1 is 0.957 bits per heavy atom. The molecule has 0 unspecified atom stereocenters. The summed E-state index contributed by atoms with van der Waals surface area (Å²) in [4.78, 5) is 16.9. The summed E-state index contributed by atoms with van der Waals surface area (Å²) < 4.78 is 0. The van der Waals surface area contributed by atoms with E-state index >= 15 is 0 Å². The van der Waals surface area contributed by atoms with Gasteiger partial charge in [-0.15, -0.1) is 0 Å². The fourth-order valence-corrected chi connectivity index (χ4v) is 2.91. The summed E-state index contributed by atoms with van der Waals surface area (Å²) in [5.41, 5.74) is 3.12. The predicted octanol–water partition coefficient (Wildman–Crippen LogP) is 2.69. The first-order chi connectivity index (χ1) is 11.3. The molecule has 0 saturated carbocycles. The number of carbonyl (C=O) groups excluding carboxylic acids is 1. The van der Waals surface area contributed by atoms with Gasteiger partial charge in [0.1, 0.15) is 0 Å². The van der Waals surface area contributed by atoms with E-state index in [-0.39, 0.29) is 5.91 Å². The molecule has 1 aliphatic heterocycles. The first kappa shape index (κ1) is 15.6. The van der Waals surface area contributed by atoms with E-state index < -0.39 is 0 Å². The number of carbonyl (C=O) groups is 1. The van der Waals surface area contributed by atoms with Gasteiger partial charge in [-0.3, -0.25) is 9.69 Å². The lowest BCUT2D eigenvalue weighted by atomic mass is 10.1. The lowest BCUT2D eigenvalue weighted by Gasteiger charge is -2.34. The molecule has 1 heterocycles. The number of anilines is 1. The molecule has 1 saturated heterocycles. The fourth-order valence-electron chi connectivity index (χ4n) is 2.91. The fraction of sp³-hybridized carbons (Fsp3) is 0.316. The Bertz CT molecular complexity index is 631. The van der Waals surface area contributed by atoms with Gasteiger partial charge in [0.25, 0.3) is 5.91 Å². The summed E-state index contributed by atoms with van der Waals surface area (Å²) >= 11 is 0. The molecule has 1 aliphatic rings. The number of nitrogens with zero attached hydrogens (tertiary/aromatic N) is 2. The van der Waals surface area contributed by atoms with Crippen molar-refractivity contribution in [2.45, 2.75) is 6.54 Å². The van der Waals surface area contributed by atoms with E-state index in [2.05, 4.69) is 34.5 Å². The molecule has 2 aromatic rings. The largest absolute Gasteiger partial charge is 0.388 e. The number of rotatable bonds is 4. The van der Waals surface area contributed by atoms with Gasteiger partial charge in [0.05, 0.1) is 0 Å². The minimum atomic E-state index is 0.131. The van der Waals surface area contributed by atoms with Gasteiger partial charge in [-0.25, -0.2) is 0 Å². The van der Waals surface area contributed by atoms with E-state index in [4.69, 9.17) is 0 Å². The minimum absolute atomic E-state index is 0.131. The number of hydrogen-bond acceptors (Lipinski definition) is 3. The first-order valence-corrected chi connectivity index (χ1v) is 8.09. The highest BCUT2D eigenvalue weighted by Gasteiger charge is 2.22. The molecule has 0 aliphatic carbocycles. The number of amides is 1. The Hall–Kier alpha value is -2.33. The summed E-state index contributed by atoms with van der Waals surface area (Å²) in [7, 11) is 1.88. The molecular weight excluding hydrogens is 286 g/mol. The van der Waals surface area contributed by atoms with Crippen LogP contribution in [0.2, 0.25) is 0 Å². The van der Waals surface area contributed by atoms with E-state index in [1.54, 1.807) is 0 Å². The third-order valence-corrected chi connectivity index (χ3v) is 4.33. The number of benzene rings is 2. The van der Waals surface area contributed by atoms with E-state index in [9.17, 15) is 4.79 Å². The summed E-state index contributed by atoms with van der Waals surface area (Å²) in [6.07, 6.45) is 0. The van der Waals surface area contributed by atoms with Crippen molar-refractivity contribution < 1.29 is 4.79 Å². The lowest BCUT2D eigenvalue weighted by molar-refractivity contribution is 0.0628. The van der Waals surface area contributed by atoms with E-state index in [0.717, 1.165) is 44.0 Å². The van der Waals surface area contributed by atoms with E-state index in [1.807, 2.05) is 42.3 Å². The SMILES string of the molecule is CNc1ccc(C(=O)N2CCN(Cc3ccccc3)CC2)cc1. The minimum Gasteiger partial charge on any atom is -0.388 e. The maximum Gasteiger partial charge on any atom is 0.253 e. The molecule has 0 bridgehead atoms. The van der Waals surface area contributed by atoms with Crippen LogP contribution in [0.4, 0.5) is 5.69 Å². The van der Waals surface area contributed by atoms with Crippen LogP contribution >= 0.6 is 0 Å². The quantitative estimate of drug-likeness (QED) is 0.943. The summed E-state index contributed by atoms with van der Waals surface area (Å²) in [6.45, 7) is 4.39. The van der Waals surface area contributed by atoms with Crippen LogP contribution < -0.4 is 5.32 Å². The maximum absolute atomic E-state index is 12.6. The second-order valence-electron chi connectivity index (χ2n) is 5.88. The van der Waals surface area contributed by atoms with E-state index in [1.165, 1.54) is 5.56 Å². The van der Waals surface area contributed by atoms with Gasteiger partial charge in [0.15, 0.2) is 0 Å². The molecule has 23 heavy (non-hydrogen) atoms. The van der Waals surface area contributed by atoms with Gasteiger partial charge in [-0.2, -0.15) is 0 Å². The van der Waals surface area contributed by atoms with Crippen molar-refractivity contribution in [1.82, 2.24) is 9.80 Å². The second-order valence-corrected chi connectivity index (χ2v) is 5.88. The Morgan fingerprint density at radius 2 is 1.61 bits per heavy atom. The zero-order chi connectivity index (χ0) is 16.1. The van der Waals surface area contributed by atoms with Crippen molar-refractivity contribution in [3.05, 3.63) is 65.7 Å². The first-order valence-electron chi connectivity index (χ1n) is 8.09. The molecule has 3 rings (SSSR count). The van der Waals surface area contributed by atoms with Crippen LogP contribution in [0.3, 0.4) is 0 Å². The molecule has 120 valence electrons. The van der Waals surface area contributed by atoms with Crippen LogP contribution in [0.15, 0.2) is 54.6 Å². The Labute approximate surface area is 137 Å². The highest BCUT2D eigenvalue weighted by atomic mass is 16.2. The Balaban J connectivity index is 1.54. The van der Waals surface area contributed by atoms with Crippen LogP contribution in [0.1, 0.15) is 15.9 Å². The van der Waals surface area contributed by atoms with Crippen molar-refractivity contribution in [1.29, 1.82) is 0 Å². The lowest BCUT2D eigenvalue weighted by Crippen LogP contribution is -2.48. The topological polar surface area (TPSA) is 35.6 Å². The molecule has 4 heteroatoms. The zero-order valence-electron chi connectivity index (χ0n) is 13.5. The van der Waals surface area contributed by atoms with Crippen molar-refractivity contribution in [2.24, 2.45) is 0 Å². The summed E-state index contributed by atoms with van der Waals surface area (Å²) in [5, 5.41) is 3.07. The summed E-state index contributed by atoms with van der Waals surface area (Å²) in [6, 6.07) is 18.2. The maximum atomic E-state index is 12.6. The van der Waals surface area contributed by atoms with Crippen LogP contribution in [-0.4, -0.2) is 48.9 Å². The smallest absolute Gasteiger partial charge is 0.253 e. The normalized spacial score (nSPS) is 15.4. The zero-order valence-corrected chi connectivity index (χ0v) is 13.5. The molecule has 0 aromatic heterocycles. The van der Waals surface area contributed by atoms with Gasteiger partial charge < -0.3 is 10.2 Å². The molecule has 2 aromatic carbocycles. The third kappa shape index (κ3) is 3.90. The van der Waals surface area contributed by atoms with Crippen molar-refractivity contribution in [3.63, 3.8) is 0 Å². The Morgan fingerprint density at radius 3 is 2.22 bits per heavy atom. The van der Waals surface area contributed by atoms with E-state index in [0.29, 0.717) is 0 Å². The third-order valence-electron chi connectivity index (χ3n) is 4.33. The molecule has 1 amide bonds. The second kappa shape index (κ2) is 7.29. The van der Waals surface area contributed by atoms with Gasteiger partial charge in [-0.1, -0.05) is 30.3 Å². The monoisotopic (exact) mass is 309 g/mol. The predicted molar refractivity (Wildman–Crippen MR) is 93.6 cm³/mol. The van der Waals surface area contributed by atoms with Gasteiger partial charge in [0, 0.05) is 51.0 Å². The molecular formula is C19H23N3O. The van der Waals surface area contributed by atoms with Crippen LogP contribution in [-0.2, 0) is 6.54 Å². The van der Waals surface area contributed by atoms with Crippen LogP contribution in [0.5, 0.6) is 0 Å². The highest BCUT2D eigenvalue weighted by molar-refractivity contribution is 5.94. The molecule has 0 spiro atoms. The number of piperazine rings is 1. The van der Waals surface area contributed by atoms with Crippen LogP contribution in [0, 0.1) is 0 Å². The highest BCUT2D eigenvalue weighted by Crippen LogP contribution is 2.14. The molecule has 0 radical (unpaired) electrons. The molecule has 1 N–H and O–H groups in total. The van der Waals surface area contributed by atoms with Crippen molar-refractivity contribution in [3.8, 4) is 0 Å². The molecule has 1 fully saturated rings. The standard InChI is InChI=1S/C19H23N3O/c1-20-18-9-7-17(8-10-18)19(23)22-13-11-21(12-14-22)15-16-5-3-2-4-6-16/h2-10,20H,11-15H2,1H3. The average Bonchev–Trinajstić information content (AvgIpc) is 2.63. The van der Waals surface area contributed by atoms with Gasteiger partial charge in [-0.05, 0) is 29.8 Å². The number of hydrogen-bond donors (Lipinski definition) is 1. The van der Waals surface area contributed by atoms with Crippen molar-refractivity contribution in [2.75, 3.05) is 38.5 Å². The average molecular weight is 309 g/mol. The van der Waals surface area contributed by atoms with Crippen LogP contribution in [0.25, 0.3) is 0 Å². The molecule has 4 nitrogen and oxygen atoms in total. The Kier molecular flexibility index (Phi) is 4.93. The molecule has 0 atom stereocenters. The van der Waals surface area contributed by atoms with Gasteiger partial charge >= 0.3 is 0 Å². The van der Waals surface area contributed by atoms with Crippen molar-refractivity contribution >= 4 is 11.6 Å². The van der Waals surface area contributed by atoms with Gasteiger partial charge in [0.2, 0.25) is 0 Å². The summed E-state index contributed by atoms with van der Waals surface area (Å²) in [5.74, 6) is 0.131. The number of nitrogens with one attached hydrogen (secondary N) is 1.